The summed E-state index contributed by atoms with van der Waals surface area (Å²) in [5, 5.41) is 3.42. The largest absolute Gasteiger partial charge is 0.325 e. The van der Waals surface area contributed by atoms with Gasteiger partial charge < -0.3 is 4.98 Å². The van der Waals surface area contributed by atoms with Gasteiger partial charge in [0.2, 0.25) is 10.0 Å². The van der Waals surface area contributed by atoms with Gasteiger partial charge in [-0.1, -0.05) is 12.1 Å². The van der Waals surface area contributed by atoms with E-state index in [0.29, 0.717) is 18.5 Å². The van der Waals surface area contributed by atoms with E-state index in [1.165, 1.54) is 0 Å². The molecule has 1 saturated heterocycles. The van der Waals surface area contributed by atoms with Crippen LogP contribution < -0.4 is 10.4 Å². The standard InChI is InChI=1S/C16H21N3O3S/c1-11-4-3-5-13-14(11)10-15(17-16(13)20)12-6-8-19(9-7-12)18-23(2,21)22/h3-5,10,12,18H,6-9H2,1-2H3,(H,17,20). The van der Waals surface area contributed by atoms with Gasteiger partial charge in [-0.05, 0) is 42.8 Å². The number of nitrogens with zero attached hydrogens (tertiary/aromatic N) is 1. The van der Waals surface area contributed by atoms with Gasteiger partial charge in [-0.2, -0.15) is 0 Å². The number of piperidine rings is 1. The molecule has 2 heterocycles. The van der Waals surface area contributed by atoms with Crippen LogP contribution in [0.3, 0.4) is 0 Å². The molecule has 1 aromatic heterocycles. The Bertz CT molecular complexity index is 881. The van der Waals surface area contributed by atoms with Gasteiger partial charge in [0.15, 0.2) is 0 Å². The average Bonchev–Trinajstić information content (AvgIpc) is 2.47. The second-order valence-electron chi connectivity index (χ2n) is 6.21. The zero-order chi connectivity index (χ0) is 16.6. The van der Waals surface area contributed by atoms with Crippen LogP contribution in [0, 0.1) is 6.92 Å². The predicted octanol–water partition coefficient (Wildman–Crippen LogP) is 1.48. The molecule has 7 heteroatoms. The molecule has 0 saturated carbocycles. The minimum Gasteiger partial charge on any atom is -0.325 e. The first-order valence-corrected chi connectivity index (χ1v) is 9.57. The molecule has 3 rings (SSSR count). The normalized spacial score (nSPS) is 17.7. The third-order valence-corrected chi connectivity index (χ3v) is 4.95. The highest BCUT2D eigenvalue weighted by Crippen LogP contribution is 2.27. The molecule has 2 aromatic rings. The van der Waals surface area contributed by atoms with Crippen LogP contribution in [-0.4, -0.2) is 37.8 Å². The van der Waals surface area contributed by atoms with Crippen molar-refractivity contribution < 1.29 is 8.42 Å². The van der Waals surface area contributed by atoms with E-state index in [4.69, 9.17) is 0 Å². The lowest BCUT2D eigenvalue weighted by atomic mass is 9.92. The molecule has 0 aliphatic carbocycles. The number of aromatic amines is 1. The maximum Gasteiger partial charge on any atom is 0.256 e. The van der Waals surface area contributed by atoms with Gasteiger partial charge in [0.05, 0.1) is 6.26 Å². The molecule has 0 radical (unpaired) electrons. The predicted molar refractivity (Wildman–Crippen MR) is 90.8 cm³/mol. The molecular weight excluding hydrogens is 314 g/mol. The van der Waals surface area contributed by atoms with Crippen LogP contribution in [0.25, 0.3) is 10.8 Å². The number of hydrogen-bond donors (Lipinski definition) is 2. The van der Waals surface area contributed by atoms with Crippen molar-refractivity contribution in [3.8, 4) is 0 Å². The number of aromatic nitrogens is 1. The lowest BCUT2D eigenvalue weighted by Gasteiger charge is -2.31. The number of nitrogens with one attached hydrogen (secondary N) is 2. The Morgan fingerprint density at radius 3 is 2.57 bits per heavy atom. The monoisotopic (exact) mass is 335 g/mol. The van der Waals surface area contributed by atoms with Crippen molar-refractivity contribution in [3.05, 3.63) is 45.9 Å². The summed E-state index contributed by atoms with van der Waals surface area (Å²) in [5.74, 6) is 0.240. The first-order chi connectivity index (χ1) is 10.8. The molecule has 0 spiro atoms. The average molecular weight is 335 g/mol. The van der Waals surface area contributed by atoms with Gasteiger partial charge in [0, 0.05) is 30.1 Å². The number of hydrazine groups is 1. The van der Waals surface area contributed by atoms with Crippen molar-refractivity contribution >= 4 is 20.8 Å². The van der Waals surface area contributed by atoms with E-state index in [1.54, 1.807) is 5.01 Å². The summed E-state index contributed by atoms with van der Waals surface area (Å²) in [6, 6.07) is 7.80. The highest BCUT2D eigenvalue weighted by molar-refractivity contribution is 7.88. The fourth-order valence-electron chi connectivity index (χ4n) is 3.20. The Morgan fingerprint density at radius 1 is 1.22 bits per heavy atom. The number of rotatable bonds is 3. The van der Waals surface area contributed by atoms with Gasteiger partial charge >= 0.3 is 0 Å². The quantitative estimate of drug-likeness (QED) is 0.890. The van der Waals surface area contributed by atoms with E-state index in [-0.39, 0.29) is 11.5 Å². The molecule has 23 heavy (non-hydrogen) atoms. The molecule has 0 atom stereocenters. The third-order valence-electron chi connectivity index (χ3n) is 4.36. The summed E-state index contributed by atoms with van der Waals surface area (Å²) in [6.07, 6.45) is 2.76. The highest BCUT2D eigenvalue weighted by Gasteiger charge is 2.23. The zero-order valence-corrected chi connectivity index (χ0v) is 14.1. The maximum atomic E-state index is 12.3. The Hall–Kier alpha value is -1.70. The van der Waals surface area contributed by atoms with E-state index in [1.807, 2.05) is 25.1 Å². The molecule has 1 aromatic carbocycles. The summed E-state index contributed by atoms with van der Waals surface area (Å²) in [6.45, 7) is 3.27. The number of hydrogen-bond acceptors (Lipinski definition) is 4. The Morgan fingerprint density at radius 2 is 1.91 bits per heavy atom. The van der Waals surface area contributed by atoms with Crippen molar-refractivity contribution in [2.45, 2.75) is 25.7 Å². The van der Waals surface area contributed by atoms with Gasteiger partial charge in [-0.15, -0.1) is 4.83 Å². The lowest BCUT2D eigenvalue weighted by Crippen LogP contribution is -2.45. The summed E-state index contributed by atoms with van der Waals surface area (Å²) < 4.78 is 22.6. The fourth-order valence-corrected chi connectivity index (χ4v) is 3.85. The van der Waals surface area contributed by atoms with Crippen LogP contribution in [0.5, 0.6) is 0 Å². The highest BCUT2D eigenvalue weighted by atomic mass is 32.2. The zero-order valence-electron chi connectivity index (χ0n) is 13.3. The van der Waals surface area contributed by atoms with Crippen molar-refractivity contribution in [2.75, 3.05) is 19.3 Å². The van der Waals surface area contributed by atoms with Crippen LogP contribution in [0.2, 0.25) is 0 Å². The molecular formula is C16H21N3O3S. The van der Waals surface area contributed by atoms with Gasteiger partial charge in [-0.25, -0.2) is 13.4 Å². The van der Waals surface area contributed by atoms with Crippen LogP contribution in [0.1, 0.15) is 30.0 Å². The van der Waals surface area contributed by atoms with Crippen LogP contribution >= 0.6 is 0 Å². The second-order valence-corrected chi connectivity index (χ2v) is 7.94. The maximum absolute atomic E-state index is 12.3. The van der Waals surface area contributed by atoms with Gasteiger partial charge in [0.1, 0.15) is 0 Å². The topological polar surface area (TPSA) is 82.3 Å². The minimum absolute atomic E-state index is 0.0575. The molecule has 0 unspecified atom stereocenters. The van der Waals surface area contributed by atoms with Crippen molar-refractivity contribution in [1.82, 2.24) is 14.8 Å². The molecule has 2 N–H and O–H groups in total. The number of fused-ring (bicyclic) bond motifs is 1. The first kappa shape index (κ1) is 16.2. The molecule has 0 bridgehead atoms. The van der Waals surface area contributed by atoms with E-state index < -0.39 is 10.0 Å². The van der Waals surface area contributed by atoms with Crippen molar-refractivity contribution in [2.24, 2.45) is 0 Å². The van der Waals surface area contributed by atoms with Crippen LogP contribution in [0.15, 0.2) is 29.1 Å². The number of benzene rings is 1. The summed E-state index contributed by atoms with van der Waals surface area (Å²) in [7, 11) is -3.23. The summed E-state index contributed by atoms with van der Waals surface area (Å²) in [5.41, 5.74) is 1.97. The molecule has 1 aliphatic heterocycles. The fraction of sp³-hybridized carbons (Fsp3) is 0.438. The van der Waals surface area contributed by atoms with Crippen LogP contribution in [-0.2, 0) is 10.0 Å². The molecule has 124 valence electrons. The number of H-pyrrole nitrogens is 1. The van der Waals surface area contributed by atoms with Crippen molar-refractivity contribution in [1.29, 1.82) is 0 Å². The Labute approximate surface area is 135 Å². The number of aryl methyl sites for hydroxylation is 1. The van der Waals surface area contributed by atoms with E-state index in [2.05, 4.69) is 15.9 Å². The number of pyridine rings is 1. The van der Waals surface area contributed by atoms with E-state index >= 15 is 0 Å². The smallest absolute Gasteiger partial charge is 0.256 e. The van der Waals surface area contributed by atoms with Crippen molar-refractivity contribution in [3.63, 3.8) is 0 Å². The molecule has 6 nitrogen and oxygen atoms in total. The molecule has 1 fully saturated rings. The first-order valence-electron chi connectivity index (χ1n) is 7.68. The van der Waals surface area contributed by atoms with Gasteiger partial charge in [0.25, 0.3) is 5.56 Å². The van der Waals surface area contributed by atoms with Gasteiger partial charge in [-0.3, -0.25) is 4.79 Å². The number of sulfonamides is 1. The summed E-state index contributed by atoms with van der Waals surface area (Å²) in [4.78, 5) is 17.8. The molecule has 0 amide bonds. The lowest BCUT2D eigenvalue weighted by molar-refractivity contribution is 0.184. The Kier molecular flexibility index (Phi) is 4.27. The Balaban J connectivity index is 1.83. The van der Waals surface area contributed by atoms with Crippen LogP contribution in [0.4, 0.5) is 0 Å². The SMILES string of the molecule is Cc1cccc2c(=O)[nH]c(C3CCN(NS(C)(=O)=O)CC3)cc12. The molecule has 1 aliphatic rings. The summed E-state index contributed by atoms with van der Waals surface area (Å²) >= 11 is 0. The van der Waals surface area contributed by atoms with E-state index in [0.717, 1.165) is 35.7 Å². The van der Waals surface area contributed by atoms with E-state index in [9.17, 15) is 13.2 Å². The second kappa shape index (κ2) is 6.07. The third kappa shape index (κ3) is 3.63. The minimum atomic E-state index is -3.23.